The second-order valence-corrected chi connectivity index (χ2v) is 8.05. The monoisotopic (exact) mass is 440 g/mol. The van der Waals surface area contributed by atoms with Crippen molar-refractivity contribution in [2.75, 3.05) is 0 Å². The van der Waals surface area contributed by atoms with Crippen molar-refractivity contribution < 1.29 is 19.2 Å². The molecule has 0 saturated carbocycles. The van der Waals surface area contributed by atoms with Crippen LogP contribution in [0.2, 0.25) is 0 Å². The van der Waals surface area contributed by atoms with Gasteiger partial charge in [0, 0.05) is 0 Å². The zero-order valence-electron chi connectivity index (χ0n) is 18.0. The first-order valence-corrected chi connectivity index (χ1v) is 11.0. The van der Waals surface area contributed by atoms with Crippen LogP contribution in [0.15, 0.2) is 103 Å². The lowest BCUT2D eigenvalue weighted by Gasteiger charge is -2.51. The summed E-state index contributed by atoms with van der Waals surface area (Å²) in [5.41, 5.74) is 2.70. The predicted octanol–water partition coefficient (Wildman–Crippen LogP) is 4.65. The number of hydroxylamine groups is 2. The van der Waals surface area contributed by atoms with E-state index in [4.69, 9.17) is 9.57 Å². The van der Waals surface area contributed by atoms with E-state index < -0.39 is 24.4 Å². The molecule has 0 N–H and O–H groups in total. The molecule has 1 saturated heterocycles. The summed E-state index contributed by atoms with van der Waals surface area (Å²) in [6.45, 7) is 0.150. The molecule has 6 nitrogen and oxygen atoms in total. The highest BCUT2D eigenvalue weighted by atomic mass is 16.7. The summed E-state index contributed by atoms with van der Waals surface area (Å²) < 4.78 is 5.68. The third kappa shape index (κ3) is 4.38. The summed E-state index contributed by atoms with van der Waals surface area (Å²) in [4.78, 5) is 34.2. The molecule has 6 heteroatoms. The molecule has 166 valence electrons. The minimum absolute atomic E-state index is 0.150. The summed E-state index contributed by atoms with van der Waals surface area (Å²) in [5.74, 6) is -0.215. The van der Waals surface area contributed by atoms with Gasteiger partial charge in [-0.1, -0.05) is 97.1 Å². The first-order chi connectivity index (χ1) is 16.2. The summed E-state index contributed by atoms with van der Waals surface area (Å²) in [6, 6.07) is 28.3. The summed E-state index contributed by atoms with van der Waals surface area (Å²) in [6.07, 6.45) is 2.24. The van der Waals surface area contributed by atoms with Crippen LogP contribution in [0.5, 0.6) is 0 Å². The van der Waals surface area contributed by atoms with E-state index in [1.165, 1.54) is 5.06 Å². The second kappa shape index (κ2) is 9.30. The summed E-state index contributed by atoms with van der Waals surface area (Å²) in [7, 11) is 0. The molecule has 0 spiro atoms. The van der Waals surface area contributed by atoms with Crippen LogP contribution in [0.25, 0.3) is 0 Å². The van der Waals surface area contributed by atoms with Gasteiger partial charge in [-0.2, -0.15) is 5.06 Å². The van der Waals surface area contributed by atoms with Crippen LogP contribution < -0.4 is 0 Å². The quantitative estimate of drug-likeness (QED) is 0.542. The number of fused-ring (bicyclic) bond motifs is 2. The standard InChI is InChI=1S/C27H24N2O4/c30-25(18-20-10-4-1-5-11-20)29-24-17-16-23(33-29)26(22-14-8-3-9-15-22)28(24)27(31)32-19-21-12-6-2-7-13-21/h1-17,23-24,26H,18-19H2/t23-,24+,26+/m1/s1. The number of carbonyl (C=O) groups excluding carboxylic acids is 2. The molecule has 2 bridgehead atoms. The van der Waals surface area contributed by atoms with E-state index >= 15 is 0 Å². The number of nitrogens with zero attached hydrogens (tertiary/aromatic N) is 2. The smallest absolute Gasteiger partial charge is 0.412 e. The zero-order chi connectivity index (χ0) is 22.6. The van der Waals surface area contributed by atoms with E-state index in [1.807, 2.05) is 103 Å². The van der Waals surface area contributed by atoms with Crippen LogP contribution in [0.4, 0.5) is 4.79 Å². The van der Waals surface area contributed by atoms with Gasteiger partial charge in [-0.25, -0.2) is 4.79 Å². The molecule has 3 heterocycles. The van der Waals surface area contributed by atoms with Gasteiger partial charge in [0.2, 0.25) is 0 Å². The van der Waals surface area contributed by atoms with Crippen LogP contribution in [0, 0.1) is 0 Å². The average Bonchev–Trinajstić information content (AvgIpc) is 2.88. The van der Waals surface area contributed by atoms with Crippen LogP contribution in [-0.4, -0.2) is 34.2 Å². The average molecular weight is 440 g/mol. The van der Waals surface area contributed by atoms with E-state index in [-0.39, 0.29) is 18.9 Å². The van der Waals surface area contributed by atoms with Crippen molar-refractivity contribution in [3.8, 4) is 0 Å². The first-order valence-electron chi connectivity index (χ1n) is 11.0. The van der Waals surface area contributed by atoms with Crippen LogP contribution in [-0.2, 0) is 27.4 Å². The number of rotatable bonds is 5. The molecule has 1 fully saturated rings. The fourth-order valence-electron chi connectivity index (χ4n) is 4.28. The minimum atomic E-state index is -0.695. The molecule has 0 aromatic heterocycles. The van der Waals surface area contributed by atoms with Gasteiger partial charge in [0.25, 0.3) is 5.91 Å². The Morgan fingerprint density at radius 3 is 2.06 bits per heavy atom. The highest BCUT2D eigenvalue weighted by Gasteiger charge is 2.49. The van der Waals surface area contributed by atoms with Crippen LogP contribution >= 0.6 is 0 Å². The van der Waals surface area contributed by atoms with E-state index in [0.29, 0.717) is 0 Å². The fourth-order valence-corrected chi connectivity index (χ4v) is 4.28. The Kier molecular flexibility index (Phi) is 5.91. The molecule has 0 unspecified atom stereocenters. The first kappa shape index (κ1) is 21.0. The van der Waals surface area contributed by atoms with E-state index in [2.05, 4.69) is 0 Å². The Bertz CT molecular complexity index is 1130. The molecule has 3 atom stereocenters. The Morgan fingerprint density at radius 1 is 0.788 bits per heavy atom. The van der Waals surface area contributed by atoms with E-state index in [0.717, 1.165) is 16.7 Å². The Morgan fingerprint density at radius 2 is 1.39 bits per heavy atom. The maximum absolute atomic E-state index is 13.3. The van der Waals surface area contributed by atoms with Gasteiger partial charge < -0.3 is 4.74 Å². The molecule has 33 heavy (non-hydrogen) atoms. The SMILES string of the molecule is O=C(Cc1ccccc1)N1O[C@@H]2C=C[C@H]1N(C(=O)OCc1ccccc1)[C@H]2c1ccccc1. The minimum Gasteiger partial charge on any atom is -0.444 e. The molecule has 0 aliphatic carbocycles. The van der Waals surface area contributed by atoms with Crippen molar-refractivity contribution in [3.05, 3.63) is 120 Å². The Hall–Kier alpha value is -3.90. The van der Waals surface area contributed by atoms with Gasteiger partial charge in [0.05, 0.1) is 12.5 Å². The Labute approximate surface area is 192 Å². The molecule has 3 aromatic rings. The maximum Gasteiger partial charge on any atom is 0.412 e. The molecule has 3 aliphatic rings. The number of amides is 2. The molecular formula is C27H24N2O4. The number of carbonyl (C=O) groups is 2. The van der Waals surface area contributed by atoms with E-state index in [1.54, 1.807) is 4.90 Å². The van der Waals surface area contributed by atoms with Crippen molar-refractivity contribution in [1.29, 1.82) is 0 Å². The van der Waals surface area contributed by atoms with Gasteiger partial charge in [-0.15, -0.1) is 0 Å². The molecule has 0 radical (unpaired) electrons. The van der Waals surface area contributed by atoms with Gasteiger partial charge in [-0.3, -0.25) is 14.5 Å². The number of ether oxygens (including phenoxy) is 1. The topological polar surface area (TPSA) is 59.1 Å². The van der Waals surface area contributed by atoms with Gasteiger partial charge in [-0.05, 0) is 22.8 Å². The molecule has 3 aromatic carbocycles. The largest absolute Gasteiger partial charge is 0.444 e. The fraction of sp³-hybridized carbons (Fsp3) is 0.185. The van der Waals surface area contributed by atoms with Gasteiger partial charge in [0.15, 0.2) is 6.17 Å². The van der Waals surface area contributed by atoms with Crippen molar-refractivity contribution in [2.24, 2.45) is 0 Å². The molecule has 2 amide bonds. The highest BCUT2D eigenvalue weighted by molar-refractivity contribution is 5.80. The van der Waals surface area contributed by atoms with E-state index in [9.17, 15) is 9.59 Å². The lowest BCUT2D eigenvalue weighted by atomic mass is 9.94. The third-order valence-corrected chi connectivity index (χ3v) is 5.85. The lowest BCUT2D eigenvalue weighted by molar-refractivity contribution is -0.272. The number of hydrogen-bond donors (Lipinski definition) is 0. The molecule has 6 rings (SSSR count). The second-order valence-electron chi connectivity index (χ2n) is 8.05. The maximum atomic E-state index is 13.3. The predicted molar refractivity (Wildman–Crippen MR) is 122 cm³/mol. The summed E-state index contributed by atoms with van der Waals surface area (Å²) >= 11 is 0. The van der Waals surface area contributed by atoms with Crippen LogP contribution in [0.3, 0.4) is 0 Å². The normalized spacial score (nSPS) is 21.2. The summed E-state index contributed by atoms with van der Waals surface area (Å²) in [5, 5.41) is 1.31. The van der Waals surface area contributed by atoms with Gasteiger partial charge >= 0.3 is 6.09 Å². The number of hydrogen-bond acceptors (Lipinski definition) is 4. The zero-order valence-corrected chi connectivity index (χ0v) is 18.0. The van der Waals surface area contributed by atoms with Crippen molar-refractivity contribution in [3.63, 3.8) is 0 Å². The van der Waals surface area contributed by atoms with Gasteiger partial charge in [0.1, 0.15) is 12.7 Å². The molecule has 3 aliphatic heterocycles. The van der Waals surface area contributed by atoms with Crippen LogP contribution in [0.1, 0.15) is 22.7 Å². The molecular weight excluding hydrogens is 416 g/mol. The Balaban J connectivity index is 1.41. The highest BCUT2D eigenvalue weighted by Crippen LogP contribution is 2.40. The third-order valence-electron chi connectivity index (χ3n) is 5.85. The van der Waals surface area contributed by atoms with Crippen molar-refractivity contribution in [1.82, 2.24) is 9.96 Å². The van der Waals surface area contributed by atoms with Crippen molar-refractivity contribution >= 4 is 12.0 Å². The number of benzene rings is 3. The lowest BCUT2D eigenvalue weighted by Crippen LogP contribution is -2.64. The van der Waals surface area contributed by atoms with Crippen molar-refractivity contribution in [2.45, 2.75) is 31.3 Å².